The second-order valence-corrected chi connectivity index (χ2v) is 49.6. The van der Waals surface area contributed by atoms with Crippen molar-refractivity contribution in [1.82, 2.24) is 0 Å². The Kier molecular flexibility index (Phi) is 37.7. The molecule has 0 N–H and O–H groups in total. The van der Waals surface area contributed by atoms with E-state index in [2.05, 4.69) is 383 Å². The van der Waals surface area contributed by atoms with Crippen LogP contribution in [0.15, 0.2) is 288 Å². The monoisotopic (exact) mass is 2190 g/mol. The van der Waals surface area contributed by atoms with Crippen LogP contribution < -0.4 is 29.4 Å². The molecule has 714 valence electrons. The standard InChI is InChI=1S/C40H40N2.2C39H38N2.6CH3.6ClH.3Zr/c1-26-23-35-31(14-8-18-39(35)41-22-10-13-29-11-4-6-16-37(29)41)33(26)25-34-27(2)24-36-32(34)15-9-19-40(36)42-28(3)20-21-30-12-5-7-17-38(30)42;1-25-21-34-30(14-8-18-38(34)40-20-10-13-28-11-4-6-16-36(28)40)32(25)24-33-26(2)22-35-31(33)15-9-19-39(35)41-27(3)23-29-12-5-7-17-37(29)41;1-25-22-34-30(12-8-16-38(34)40-21-20-29-11-4-6-14-36(29)40)32(25)24-33-26(2)23-35-31(33)13-9-17-39(35)41-27(3)18-19-28-10-5-7-15-37(28)41;;;;;;;;;;;;;;;/h4-9,11-12,14-19,23-24,28,33-34H,10,13,20-22,25H2,1-3H3;4-9,11-12,14-19,21-22,27,32-33H,10,13,20,23-24H2,1-3H3;4-17,22-23,27,32-33H,18-21,24H2,1-3H3;6*1H3;6*1H;;;/q;;;6*-1;;;;;;;3*+4/p-6. The number of anilines is 12. The SMILES string of the molecule is CC1=Cc2c(cccc2N2CCCc3ccccc32)C1CC1C(C)=Cc2c1cccc2N1c2ccccc2CC1C.CC1=Cc2c(cccc2N2CCCc3ccccc32)C1CC1C(C)=Cc2c1cccc2N1c2ccccc2CCC1C.CC1=Cc2c(cccc2N2CCc3ccccc32)C1CC1C(C)=Cc2c1cccc2N1c2ccccc2CCC1C.[CH3-].[CH3-].[CH3-].[CH3-].[CH3-].[CH3-].[Cl][Zr+2][Cl].[Cl][Zr+2][Cl].[Cl][Zr+2][Cl]. The quantitative estimate of drug-likeness (QED) is 0.113. The van der Waals surface area contributed by atoms with Gasteiger partial charge in [-0.3, -0.25) is 0 Å². The number of aryl methyl sites for hydroxylation is 4. The molecule has 0 spiro atoms. The summed E-state index contributed by atoms with van der Waals surface area (Å²) in [6, 6.07) is 97.4. The van der Waals surface area contributed by atoms with Crippen LogP contribution in [-0.4, -0.2) is 37.8 Å². The second kappa shape index (κ2) is 48.3. The van der Waals surface area contributed by atoms with Gasteiger partial charge in [-0.1, -0.05) is 252 Å². The van der Waals surface area contributed by atoms with Gasteiger partial charge in [0, 0.05) is 175 Å². The Bertz CT molecular complexity index is 6580. The zero-order valence-corrected chi connectivity index (χ0v) is 95.6. The van der Waals surface area contributed by atoms with Crippen LogP contribution in [0.1, 0.15) is 243 Å². The van der Waals surface area contributed by atoms with Gasteiger partial charge in [-0.2, -0.15) is 0 Å². The van der Waals surface area contributed by atoms with Gasteiger partial charge in [-0.25, -0.2) is 0 Å². The van der Waals surface area contributed by atoms with E-state index in [-0.39, 0.29) is 44.6 Å². The summed E-state index contributed by atoms with van der Waals surface area (Å²) in [6.45, 7) is 24.5. The molecule has 0 radical (unpaired) electrons. The molecule has 6 heterocycles. The number of nitrogens with zero attached hydrogens (tertiary/aromatic N) is 6. The van der Waals surface area contributed by atoms with Crippen LogP contribution in [0, 0.1) is 44.6 Å². The summed E-state index contributed by atoms with van der Waals surface area (Å²) < 4.78 is 0. The van der Waals surface area contributed by atoms with Gasteiger partial charge in [0.05, 0.1) is 0 Å². The van der Waals surface area contributed by atoms with E-state index in [0.29, 0.717) is 53.6 Å². The first-order valence-electron chi connectivity index (χ1n) is 47.9. The average Bonchev–Trinajstić information content (AvgIpc) is 1.63. The zero-order chi connectivity index (χ0) is 91.8. The summed E-state index contributed by atoms with van der Waals surface area (Å²) >= 11 is -2.48. The van der Waals surface area contributed by atoms with Crippen LogP contribution in [0.4, 0.5) is 68.2 Å². The van der Waals surface area contributed by atoms with Gasteiger partial charge < -0.3 is 74.0 Å². The number of hydrogen-bond acceptors (Lipinski definition) is 6. The Morgan fingerprint density at radius 2 is 0.439 bits per heavy atom. The molecule has 6 aliphatic carbocycles. The van der Waals surface area contributed by atoms with Crippen molar-refractivity contribution >= 4 is 156 Å². The van der Waals surface area contributed by atoms with Crippen molar-refractivity contribution in [3.05, 3.63) is 433 Å². The van der Waals surface area contributed by atoms with Gasteiger partial charge in [0.2, 0.25) is 0 Å². The molecule has 139 heavy (non-hydrogen) atoms. The van der Waals surface area contributed by atoms with Crippen LogP contribution in [0.2, 0.25) is 0 Å². The van der Waals surface area contributed by atoms with Gasteiger partial charge in [0.15, 0.2) is 0 Å². The molecule has 6 nitrogen and oxygen atoms in total. The fourth-order valence-electron chi connectivity index (χ4n) is 24.8. The third kappa shape index (κ3) is 21.3. The molecular formula is C124H134Cl6N6Zr3. The molecule has 12 aromatic rings. The third-order valence-electron chi connectivity index (χ3n) is 30.9. The Morgan fingerprint density at radius 1 is 0.230 bits per heavy atom. The van der Waals surface area contributed by atoms with E-state index in [1.807, 2.05) is 0 Å². The first kappa shape index (κ1) is 109. The van der Waals surface area contributed by atoms with Crippen LogP contribution in [0.25, 0.3) is 36.5 Å². The van der Waals surface area contributed by atoms with E-state index in [9.17, 15) is 0 Å². The Hall–Kier alpha value is -7.73. The molecule has 15 heteroatoms. The minimum atomic E-state index is -0.826. The van der Waals surface area contributed by atoms with E-state index in [0.717, 1.165) is 64.6 Å². The fourth-order valence-corrected chi connectivity index (χ4v) is 24.8. The Labute approximate surface area is 890 Å². The molecule has 6 aliphatic heterocycles. The van der Waals surface area contributed by atoms with Gasteiger partial charge in [0.1, 0.15) is 0 Å². The van der Waals surface area contributed by atoms with Crippen molar-refractivity contribution in [3.63, 3.8) is 0 Å². The molecule has 0 fully saturated rings. The average molecular weight is 2190 g/mol. The first-order valence-corrected chi connectivity index (χ1v) is 66.9. The van der Waals surface area contributed by atoms with E-state index in [4.69, 9.17) is 51.1 Å². The number of rotatable bonds is 12. The molecule has 24 rings (SSSR count). The molecule has 12 aliphatic rings. The first-order chi connectivity index (χ1) is 65.0. The number of allylic oxidation sites excluding steroid dienone is 6. The Balaban J connectivity index is 0.000000165. The molecule has 9 atom stereocenters. The molecule has 0 aromatic heterocycles. The van der Waals surface area contributed by atoms with E-state index in [1.54, 1.807) is 0 Å². The van der Waals surface area contributed by atoms with Gasteiger partial charge in [-0.05, 0) is 285 Å². The summed E-state index contributed by atoms with van der Waals surface area (Å²) in [5.41, 5.74) is 51.9. The minimum absolute atomic E-state index is 0. The van der Waals surface area contributed by atoms with Crippen molar-refractivity contribution in [2.24, 2.45) is 0 Å². The maximum absolute atomic E-state index is 4.93. The van der Waals surface area contributed by atoms with Crippen molar-refractivity contribution < 1.29 is 62.5 Å². The third-order valence-corrected chi connectivity index (χ3v) is 30.9. The number of halogens is 6. The zero-order valence-electron chi connectivity index (χ0n) is 83.7. The van der Waals surface area contributed by atoms with Crippen molar-refractivity contribution in [3.8, 4) is 0 Å². The predicted molar refractivity (Wildman–Crippen MR) is 600 cm³/mol. The summed E-state index contributed by atoms with van der Waals surface area (Å²) in [5.74, 6) is 2.65. The van der Waals surface area contributed by atoms with Crippen molar-refractivity contribution in [2.45, 2.75) is 199 Å². The van der Waals surface area contributed by atoms with Crippen LogP contribution in [0.3, 0.4) is 0 Å². The van der Waals surface area contributed by atoms with E-state index < -0.39 is 62.5 Å². The number of fused-ring (bicyclic) bond motifs is 12. The predicted octanol–water partition coefficient (Wildman–Crippen LogP) is 37.1. The number of para-hydroxylation sites is 6. The topological polar surface area (TPSA) is 19.4 Å². The molecule has 0 saturated heterocycles. The summed E-state index contributed by atoms with van der Waals surface area (Å²) in [5, 5.41) is 0. The molecular weight excluding hydrogens is 2060 g/mol. The van der Waals surface area contributed by atoms with E-state index in [1.165, 1.54) is 240 Å². The van der Waals surface area contributed by atoms with Gasteiger partial charge in [-0.15, -0.1) is 0 Å². The van der Waals surface area contributed by atoms with Crippen molar-refractivity contribution in [1.29, 1.82) is 0 Å². The molecule has 0 amide bonds. The van der Waals surface area contributed by atoms with Gasteiger partial charge in [0.25, 0.3) is 0 Å². The van der Waals surface area contributed by atoms with Crippen LogP contribution in [0.5, 0.6) is 0 Å². The summed E-state index contributed by atoms with van der Waals surface area (Å²) in [7, 11) is 29.6. The second-order valence-electron chi connectivity index (χ2n) is 38.4. The van der Waals surface area contributed by atoms with E-state index >= 15 is 0 Å². The van der Waals surface area contributed by atoms with Crippen LogP contribution in [-0.2, 0) is 101 Å². The van der Waals surface area contributed by atoms with Crippen LogP contribution >= 0.6 is 51.1 Å². The molecule has 12 aromatic carbocycles. The summed E-state index contributed by atoms with van der Waals surface area (Å²) in [4.78, 5) is 15.5. The van der Waals surface area contributed by atoms with Gasteiger partial charge >= 0.3 is 114 Å². The van der Waals surface area contributed by atoms with Crippen molar-refractivity contribution in [2.75, 3.05) is 49.0 Å². The summed E-state index contributed by atoms with van der Waals surface area (Å²) in [6.07, 6.45) is 30.0. The molecule has 9 unspecified atom stereocenters. The normalized spacial score (nSPS) is 20.0. The Morgan fingerprint density at radius 3 is 0.727 bits per heavy atom. The molecule has 0 saturated carbocycles. The fraction of sp³-hybridized carbons (Fsp3) is 0.274. The number of benzene rings is 12. The maximum atomic E-state index is 4.93. The number of hydrogen-bond donors (Lipinski definition) is 0. The molecule has 0 bridgehead atoms.